The lowest BCUT2D eigenvalue weighted by atomic mass is 10.0. The normalized spacial score (nSPS) is 16.4. The van der Waals surface area contributed by atoms with Gasteiger partial charge in [-0.1, -0.05) is 12.1 Å². The maximum atomic E-state index is 12.4. The minimum atomic E-state index is -0.101. The molecule has 3 heterocycles. The van der Waals surface area contributed by atoms with Gasteiger partial charge in [-0.05, 0) is 37.6 Å². The van der Waals surface area contributed by atoms with Crippen molar-refractivity contribution in [1.82, 2.24) is 30.4 Å². The SMILES string of the molecule is CCOCc1ccc(C(=O)NCCn2nc([C@@H]3CCNC3)c3nccnc32)cc1. The number of hydrogen-bond donors (Lipinski definition) is 2. The van der Waals surface area contributed by atoms with Gasteiger partial charge in [-0.2, -0.15) is 5.10 Å². The molecule has 0 radical (unpaired) electrons. The average Bonchev–Trinajstić information content (AvgIpc) is 3.41. The smallest absolute Gasteiger partial charge is 0.251 e. The molecule has 8 heteroatoms. The van der Waals surface area contributed by atoms with E-state index >= 15 is 0 Å². The van der Waals surface area contributed by atoms with E-state index in [0.717, 1.165) is 41.9 Å². The highest BCUT2D eigenvalue weighted by molar-refractivity contribution is 5.94. The predicted octanol–water partition coefficient (Wildman–Crippen LogP) is 1.87. The molecular formula is C21H26N6O2. The zero-order valence-corrected chi connectivity index (χ0v) is 16.6. The first-order chi connectivity index (χ1) is 14.3. The average molecular weight is 394 g/mol. The van der Waals surface area contributed by atoms with E-state index in [1.165, 1.54) is 0 Å². The van der Waals surface area contributed by atoms with Gasteiger partial charge in [0.15, 0.2) is 5.65 Å². The molecular weight excluding hydrogens is 368 g/mol. The van der Waals surface area contributed by atoms with Crippen molar-refractivity contribution >= 4 is 17.1 Å². The molecule has 1 saturated heterocycles. The molecule has 0 spiro atoms. The summed E-state index contributed by atoms with van der Waals surface area (Å²) < 4.78 is 7.23. The van der Waals surface area contributed by atoms with Crippen molar-refractivity contribution in [1.29, 1.82) is 0 Å². The summed E-state index contributed by atoms with van der Waals surface area (Å²) in [5.41, 5.74) is 4.31. The molecule has 0 bridgehead atoms. The maximum Gasteiger partial charge on any atom is 0.251 e. The number of aromatic nitrogens is 4. The van der Waals surface area contributed by atoms with E-state index in [2.05, 4.69) is 20.6 Å². The molecule has 1 fully saturated rings. The van der Waals surface area contributed by atoms with Crippen molar-refractivity contribution in [2.75, 3.05) is 26.2 Å². The second-order valence-corrected chi connectivity index (χ2v) is 7.12. The molecule has 1 amide bonds. The third-order valence-electron chi connectivity index (χ3n) is 5.14. The fourth-order valence-corrected chi connectivity index (χ4v) is 3.59. The van der Waals surface area contributed by atoms with Gasteiger partial charge in [0.05, 0.1) is 18.8 Å². The van der Waals surface area contributed by atoms with Gasteiger partial charge in [-0.3, -0.25) is 4.79 Å². The van der Waals surface area contributed by atoms with Gasteiger partial charge in [0.1, 0.15) is 5.52 Å². The van der Waals surface area contributed by atoms with Gasteiger partial charge in [0.2, 0.25) is 0 Å². The number of ether oxygens (including phenoxy) is 1. The highest BCUT2D eigenvalue weighted by Gasteiger charge is 2.24. The summed E-state index contributed by atoms with van der Waals surface area (Å²) in [4.78, 5) is 21.4. The Labute approximate surface area is 169 Å². The summed E-state index contributed by atoms with van der Waals surface area (Å²) in [5.74, 6) is 0.260. The van der Waals surface area contributed by atoms with Crippen LogP contribution in [0.4, 0.5) is 0 Å². The fraction of sp³-hybridized carbons (Fsp3) is 0.429. The lowest BCUT2D eigenvalue weighted by molar-refractivity contribution is 0.0951. The van der Waals surface area contributed by atoms with E-state index in [4.69, 9.17) is 9.84 Å². The Morgan fingerprint density at radius 1 is 1.28 bits per heavy atom. The standard InChI is InChI=1S/C21H26N6O2/c1-2-29-14-15-3-5-16(6-4-15)21(28)25-11-12-27-20-19(23-9-10-24-20)18(26-27)17-7-8-22-13-17/h3-6,9-10,17,22H,2,7-8,11-14H2,1H3,(H,25,28)/t17-/m1/s1. The number of benzene rings is 1. The molecule has 4 rings (SSSR count). The van der Waals surface area contributed by atoms with E-state index in [1.807, 2.05) is 35.9 Å². The number of hydrogen-bond acceptors (Lipinski definition) is 6. The Morgan fingerprint density at radius 3 is 2.86 bits per heavy atom. The van der Waals surface area contributed by atoms with Gasteiger partial charge in [-0.25, -0.2) is 14.6 Å². The molecule has 29 heavy (non-hydrogen) atoms. The van der Waals surface area contributed by atoms with Crippen molar-refractivity contribution in [2.24, 2.45) is 0 Å². The summed E-state index contributed by atoms with van der Waals surface area (Å²) >= 11 is 0. The number of amides is 1. The summed E-state index contributed by atoms with van der Waals surface area (Å²) in [7, 11) is 0. The second kappa shape index (κ2) is 9.11. The molecule has 3 aromatic rings. The van der Waals surface area contributed by atoms with Crippen LogP contribution in [0.15, 0.2) is 36.7 Å². The first-order valence-electron chi connectivity index (χ1n) is 10.1. The van der Waals surface area contributed by atoms with Crippen LogP contribution in [-0.4, -0.2) is 51.9 Å². The van der Waals surface area contributed by atoms with Crippen molar-refractivity contribution in [3.8, 4) is 0 Å². The monoisotopic (exact) mass is 394 g/mol. The van der Waals surface area contributed by atoms with E-state index in [1.54, 1.807) is 12.4 Å². The lowest BCUT2D eigenvalue weighted by Gasteiger charge is -2.07. The summed E-state index contributed by atoms with van der Waals surface area (Å²) in [5, 5.41) is 11.1. The highest BCUT2D eigenvalue weighted by atomic mass is 16.5. The number of carbonyl (C=O) groups is 1. The molecule has 152 valence electrons. The van der Waals surface area contributed by atoms with Crippen LogP contribution >= 0.6 is 0 Å². The van der Waals surface area contributed by atoms with Crippen molar-refractivity contribution in [3.05, 3.63) is 53.5 Å². The van der Waals surface area contributed by atoms with E-state index < -0.39 is 0 Å². The van der Waals surface area contributed by atoms with Crippen molar-refractivity contribution in [2.45, 2.75) is 32.4 Å². The van der Waals surface area contributed by atoms with Crippen molar-refractivity contribution < 1.29 is 9.53 Å². The quantitative estimate of drug-likeness (QED) is 0.606. The molecule has 0 unspecified atom stereocenters. The van der Waals surface area contributed by atoms with Gasteiger partial charge >= 0.3 is 0 Å². The van der Waals surface area contributed by atoms with Crippen molar-refractivity contribution in [3.63, 3.8) is 0 Å². The molecule has 1 aromatic carbocycles. The zero-order chi connectivity index (χ0) is 20.1. The summed E-state index contributed by atoms with van der Waals surface area (Å²) in [6.07, 6.45) is 4.44. The van der Waals surface area contributed by atoms with Crippen LogP contribution in [0, 0.1) is 0 Å². The third kappa shape index (κ3) is 4.44. The Hall–Kier alpha value is -2.84. The summed E-state index contributed by atoms with van der Waals surface area (Å²) in [6.45, 7) is 6.12. The fourth-order valence-electron chi connectivity index (χ4n) is 3.59. The topological polar surface area (TPSA) is 94.0 Å². The molecule has 0 aliphatic carbocycles. The van der Waals surface area contributed by atoms with Crippen LogP contribution < -0.4 is 10.6 Å². The Balaban J connectivity index is 1.39. The van der Waals surface area contributed by atoms with E-state index in [0.29, 0.717) is 37.8 Å². The minimum Gasteiger partial charge on any atom is -0.377 e. The zero-order valence-electron chi connectivity index (χ0n) is 16.6. The predicted molar refractivity (Wildman–Crippen MR) is 110 cm³/mol. The van der Waals surface area contributed by atoms with E-state index in [9.17, 15) is 4.79 Å². The number of carbonyl (C=O) groups excluding carboxylic acids is 1. The Morgan fingerprint density at radius 2 is 2.10 bits per heavy atom. The molecule has 8 nitrogen and oxygen atoms in total. The molecule has 1 aliphatic rings. The molecule has 0 saturated carbocycles. The molecule has 1 atom stereocenters. The Kier molecular flexibility index (Phi) is 6.12. The molecule has 2 aromatic heterocycles. The number of nitrogens with zero attached hydrogens (tertiary/aromatic N) is 4. The molecule has 2 N–H and O–H groups in total. The Bertz CT molecular complexity index is 963. The van der Waals surface area contributed by atoms with Gasteiger partial charge in [0.25, 0.3) is 5.91 Å². The van der Waals surface area contributed by atoms with Crippen LogP contribution in [-0.2, 0) is 17.9 Å². The van der Waals surface area contributed by atoms with Crippen LogP contribution in [0.5, 0.6) is 0 Å². The minimum absolute atomic E-state index is 0.101. The molecule has 1 aliphatic heterocycles. The lowest BCUT2D eigenvalue weighted by Crippen LogP contribution is -2.27. The van der Waals surface area contributed by atoms with Crippen LogP contribution in [0.25, 0.3) is 11.2 Å². The highest BCUT2D eigenvalue weighted by Crippen LogP contribution is 2.26. The first kappa shape index (κ1) is 19.5. The number of fused-ring (bicyclic) bond motifs is 1. The van der Waals surface area contributed by atoms with Crippen LogP contribution in [0.2, 0.25) is 0 Å². The summed E-state index contributed by atoms with van der Waals surface area (Å²) in [6, 6.07) is 7.49. The van der Waals surface area contributed by atoms with Crippen LogP contribution in [0.3, 0.4) is 0 Å². The maximum absolute atomic E-state index is 12.4. The van der Waals surface area contributed by atoms with Gasteiger partial charge < -0.3 is 15.4 Å². The van der Waals surface area contributed by atoms with Gasteiger partial charge in [-0.15, -0.1) is 0 Å². The number of nitrogens with one attached hydrogen (secondary N) is 2. The van der Waals surface area contributed by atoms with E-state index in [-0.39, 0.29) is 5.91 Å². The van der Waals surface area contributed by atoms with Gasteiger partial charge in [0, 0.05) is 43.6 Å². The number of rotatable bonds is 8. The largest absolute Gasteiger partial charge is 0.377 e. The first-order valence-corrected chi connectivity index (χ1v) is 10.1. The second-order valence-electron chi connectivity index (χ2n) is 7.12. The third-order valence-corrected chi connectivity index (χ3v) is 5.14. The van der Waals surface area contributed by atoms with Crippen LogP contribution in [0.1, 0.15) is 40.9 Å².